The van der Waals surface area contributed by atoms with Crippen molar-refractivity contribution in [2.45, 2.75) is 57.9 Å². The van der Waals surface area contributed by atoms with Crippen LogP contribution in [0.4, 0.5) is 0 Å². The number of nitrogens with zero attached hydrogens (tertiary/aromatic N) is 1. The molecule has 2 aliphatic rings. The van der Waals surface area contributed by atoms with Crippen LogP contribution in [0.3, 0.4) is 0 Å². The molecular formula is C17H23N3O3S. The predicted molar refractivity (Wildman–Crippen MR) is 91.6 cm³/mol. The highest BCUT2D eigenvalue weighted by Crippen LogP contribution is 2.28. The van der Waals surface area contributed by atoms with E-state index in [0.717, 1.165) is 19.3 Å². The number of carbonyl (C=O) groups is 3. The van der Waals surface area contributed by atoms with Crippen LogP contribution < -0.4 is 10.9 Å². The lowest BCUT2D eigenvalue weighted by atomic mass is 10.1. The van der Waals surface area contributed by atoms with Crippen molar-refractivity contribution in [2.75, 3.05) is 6.54 Å². The van der Waals surface area contributed by atoms with Crippen molar-refractivity contribution < 1.29 is 14.4 Å². The SMILES string of the molecule is CC(=O)N1CCC[C@H]1C(=O)NNC(=O)c1cc2c(s1)CCCCC2. The summed E-state index contributed by atoms with van der Waals surface area (Å²) in [5, 5.41) is 0. The summed E-state index contributed by atoms with van der Waals surface area (Å²) in [5.74, 6) is -0.719. The average molecular weight is 349 g/mol. The Morgan fingerprint density at radius 1 is 1.12 bits per heavy atom. The molecule has 24 heavy (non-hydrogen) atoms. The molecule has 2 N–H and O–H groups in total. The van der Waals surface area contributed by atoms with Gasteiger partial charge in [0.1, 0.15) is 6.04 Å². The van der Waals surface area contributed by atoms with Crippen LogP contribution in [0.1, 0.15) is 59.1 Å². The van der Waals surface area contributed by atoms with Crippen LogP contribution in [0.2, 0.25) is 0 Å². The lowest BCUT2D eigenvalue weighted by Crippen LogP contribution is -2.51. The molecule has 0 spiro atoms. The van der Waals surface area contributed by atoms with Crippen LogP contribution in [-0.4, -0.2) is 35.2 Å². The Hall–Kier alpha value is -1.89. The van der Waals surface area contributed by atoms with Crippen molar-refractivity contribution in [3.63, 3.8) is 0 Å². The third-order valence-corrected chi connectivity index (χ3v) is 5.97. The zero-order chi connectivity index (χ0) is 17.1. The molecular weight excluding hydrogens is 326 g/mol. The van der Waals surface area contributed by atoms with E-state index in [4.69, 9.17) is 0 Å². The molecule has 1 saturated heterocycles. The van der Waals surface area contributed by atoms with Crippen LogP contribution in [0, 0.1) is 0 Å². The Bertz CT molecular complexity index is 632. The molecule has 0 bridgehead atoms. The highest BCUT2D eigenvalue weighted by atomic mass is 32.1. The molecule has 0 aromatic carbocycles. The minimum absolute atomic E-state index is 0.110. The van der Waals surface area contributed by atoms with E-state index < -0.39 is 6.04 Å². The van der Waals surface area contributed by atoms with Crippen molar-refractivity contribution in [1.29, 1.82) is 0 Å². The number of amides is 3. The minimum Gasteiger partial charge on any atom is -0.331 e. The third-order valence-electron chi connectivity index (χ3n) is 4.73. The van der Waals surface area contributed by atoms with Crippen LogP contribution >= 0.6 is 11.3 Å². The summed E-state index contributed by atoms with van der Waals surface area (Å²) < 4.78 is 0. The first kappa shape index (κ1) is 17.0. The second-order valence-corrected chi connectivity index (χ2v) is 7.57. The lowest BCUT2D eigenvalue weighted by molar-refractivity contribution is -0.137. The minimum atomic E-state index is -0.483. The van der Waals surface area contributed by atoms with Gasteiger partial charge in [0, 0.05) is 18.3 Å². The van der Waals surface area contributed by atoms with Gasteiger partial charge in [-0.3, -0.25) is 25.2 Å². The fourth-order valence-corrected chi connectivity index (χ4v) is 4.61. The molecule has 3 rings (SSSR count). The standard InChI is InChI=1S/C17H23N3O3S/c1-11(21)20-9-5-7-13(20)16(22)18-19-17(23)15-10-12-6-3-2-4-8-14(12)24-15/h10,13H,2-9H2,1H3,(H,18,22)(H,19,23)/t13-/m0/s1. The number of likely N-dealkylation sites (tertiary alicyclic amines) is 1. The molecule has 130 valence electrons. The smallest absolute Gasteiger partial charge is 0.279 e. The first-order chi connectivity index (χ1) is 11.6. The zero-order valence-corrected chi connectivity index (χ0v) is 14.7. The van der Waals surface area contributed by atoms with Crippen molar-refractivity contribution >= 4 is 29.1 Å². The van der Waals surface area contributed by atoms with Gasteiger partial charge in [-0.2, -0.15) is 0 Å². The maximum atomic E-state index is 12.3. The molecule has 1 atom stereocenters. The number of carbonyl (C=O) groups excluding carboxylic acids is 3. The first-order valence-corrected chi connectivity index (χ1v) is 9.37. The molecule has 0 saturated carbocycles. The number of hydrogen-bond acceptors (Lipinski definition) is 4. The van der Waals surface area contributed by atoms with Crippen molar-refractivity contribution in [3.05, 3.63) is 21.4 Å². The van der Waals surface area contributed by atoms with Gasteiger partial charge in [-0.15, -0.1) is 11.3 Å². The van der Waals surface area contributed by atoms with Gasteiger partial charge < -0.3 is 4.90 Å². The Morgan fingerprint density at radius 3 is 2.71 bits per heavy atom. The van der Waals surface area contributed by atoms with Crippen molar-refractivity contribution in [1.82, 2.24) is 15.8 Å². The van der Waals surface area contributed by atoms with E-state index in [-0.39, 0.29) is 17.7 Å². The maximum Gasteiger partial charge on any atom is 0.279 e. The second kappa shape index (κ2) is 7.34. The molecule has 0 unspecified atom stereocenters. The largest absolute Gasteiger partial charge is 0.331 e. The van der Waals surface area contributed by atoms with Gasteiger partial charge in [0.25, 0.3) is 11.8 Å². The summed E-state index contributed by atoms with van der Waals surface area (Å²) in [6.45, 7) is 2.06. The Morgan fingerprint density at radius 2 is 1.92 bits per heavy atom. The number of thiophene rings is 1. The summed E-state index contributed by atoms with van der Waals surface area (Å²) in [5.41, 5.74) is 6.24. The monoisotopic (exact) mass is 349 g/mol. The third kappa shape index (κ3) is 3.61. The number of nitrogens with one attached hydrogen (secondary N) is 2. The summed E-state index contributed by atoms with van der Waals surface area (Å²) in [4.78, 5) is 39.5. The molecule has 1 aromatic rings. The van der Waals surface area contributed by atoms with Crippen molar-refractivity contribution in [3.8, 4) is 0 Å². The quantitative estimate of drug-likeness (QED) is 0.631. The number of rotatable bonds is 2. The highest BCUT2D eigenvalue weighted by Gasteiger charge is 2.32. The van der Waals surface area contributed by atoms with Gasteiger partial charge in [-0.1, -0.05) is 6.42 Å². The van der Waals surface area contributed by atoms with E-state index in [0.29, 0.717) is 17.8 Å². The van der Waals surface area contributed by atoms with E-state index in [9.17, 15) is 14.4 Å². The first-order valence-electron chi connectivity index (χ1n) is 8.55. The fraction of sp³-hybridized carbons (Fsp3) is 0.588. The Balaban J connectivity index is 1.57. The van der Waals surface area contributed by atoms with E-state index in [1.807, 2.05) is 6.07 Å². The number of hydrazine groups is 1. The molecule has 2 heterocycles. The van der Waals surface area contributed by atoms with E-state index in [1.165, 1.54) is 48.0 Å². The summed E-state index contributed by atoms with van der Waals surface area (Å²) in [6, 6.07) is 1.47. The van der Waals surface area contributed by atoms with Gasteiger partial charge >= 0.3 is 0 Å². The van der Waals surface area contributed by atoms with Crippen LogP contribution in [0.15, 0.2) is 6.07 Å². The molecule has 1 fully saturated rings. The second-order valence-electron chi connectivity index (χ2n) is 6.43. The van der Waals surface area contributed by atoms with E-state index in [1.54, 1.807) is 4.90 Å². The number of hydrogen-bond donors (Lipinski definition) is 2. The number of aryl methyl sites for hydroxylation is 2. The lowest BCUT2D eigenvalue weighted by Gasteiger charge is -2.22. The van der Waals surface area contributed by atoms with Gasteiger partial charge in [-0.05, 0) is 50.2 Å². The Labute approximate surface area is 145 Å². The molecule has 1 aliphatic carbocycles. The molecule has 6 nitrogen and oxygen atoms in total. The topological polar surface area (TPSA) is 78.5 Å². The van der Waals surface area contributed by atoms with Crippen molar-refractivity contribution in [2.24, 2.45) is 0 Å². The normalized spacial score (nSPS) is 20.2. The summed E-state index contributed by atoms with van der Waals surface area (Å²) in [6.07, 6.45) is 7.10. The van der Waals surface area contributed by atoms with Gasteiger partial charge in [0.2, 0.25) is 5.91 Å². The summed E-state index contributed by atoms with van der Waals surface area (Å²) >= 11 is 1.52. The van der Waals surface area contributed by atoms with Crippen LogP contribution in [0.5, 0.6) is 0 Å². The van der Waals surface area contributed by atoms with Crippen LogP contribution in [-0.2, 0) is 22.4 Å². The predicted octanol–water partition coefficient (Wildman–Crippen LogP) is 1.79. The summed E-state index contributed by atoms with van der Waals surface area (Å²) in [7, 11) is 0. The van der Waals surface area contributed by atoms with Gasteiger partial charge in [0.05, 0.1) is 4.88 Å². The Kier molecular flexibility index (Phi) is 5.18. The average Bonchev–Trinajstić information content (AvgIpc) is 3.15. The zero-order valence-electron chi connectivity index (χ0n) is 13.9. The fourth-order valence-electron chi connectivity index (χ4n) is 3.46. The van der Waals surface area contributed by atoms with Gasteiger partial charge in [0.15, 0.2) is 0 Å². The van der Waals surface area contributed by atoms with E-state index >= 15 is 0 Å². The molecule has 7 heteroatoms. The highest BCUT2D eigenvalue weighted by molar-refractivity contribution is 7.14. The van der Waals surface area contributed by atoms with Crippen LogP contribution in [0.25, 0.3) is 0 Å². The number of fused-ring (bicyclic) bond motifs is 1. The molecule has 3 amide bonds. The maximum absolute atomic E-state index is 12.3. The van der Waals surface area contributed by atoms with E-state index in [2.05, 4.69) is 10.9 Å². The molecule has 1 aliphatic heterocycles. The molecule has 1 aromatic heterocycles. The van der Waals surface area contributed by atoms with Gasteiger partial charge in [-0.25, -0.2) is 0 Å². The molecule has 0 radical (unpaired) electrons.